The normalized spacial score (nSPS) is 11.7. The summed E-state index contributed by atoms with van der Waals surface area (Å²) in [5.41, 5.74) is 0.349. The molecule has 0 heterocycles. The molecular weight excluding hydrogens is 272 g/mol. The third kappa shape index (κ3) is 3.52. The predicted molar refractivity (Wildman–Crippen MR) is 76.9 cm³/mol. The van der Waals surface area contributed by atoms with Crippen LogP contribution in [0, 0.1) is 0 Å². The van der Waals surface area contributed by atoms with Gasteiger partial charge in [0.25, 0.3) is 0 Å². The maximum Gasteiger partial charge on any atom is 0.205 e. The number of aliphatic hydroxyl groups is 1. The van der Waals surface area contributed by atoms with Crippen LogP contribution >= 0.6 is 0 Å². The molecule has 1 unspecified atom stereocenters. The van der Waals surface area contributed by atoms with Crippen molar-refractivity contribution in [3.63, 3.8) is 0 Å². The lowest BCUT2D eigenvalue weighted by molar-refractivity contribution is 0.0652. The van der Waals surface area contributed by atoms with Gasteiger partial charge in [-0.1, -0.05) is 12.1 Å². The Bertz CT molecular complexity index is 606. The van der Waals surface area contributed by atoms with Gasteiger partial charge in [-0.05, 0) is 36.4 Å². The van der Waals surface area contributed by atoms with Crippen molar-refractivity contribution in [2.45, 2.75) is 6.10 Å². The Hall–Kier alpha value is -2.53. The standard InChI is InChI=1S/C16H16O5/c1-20-13-4-2-3-5-14(13)21-15(10-17)16(19)11-6-8-12(18)9-7-11/h2-9,15,17-18H,10H2,1H3. The van der Waals surface area contributed by atoms with Gasteiger partial charge in [0.15, 0.2) is 17.6 Å². The zero-order chi connectivity index (χ0) is 15.2. The number of rotatable bonds is 6. The maximum absolute atomic E-state index is 12.3. The number of ketones is 1. The molecule has 2 N–H and O–H groups in total. The van der Waals surface area contributed by atoms with Crippen molar-refractivity contribution in [1.29, 1.82) is 0 Å². The number of phenolic OH excluding ortho intramolecular Hbond substituents is 1. The van der Waals surface area contributed by atoms with Gasteiger partial charge in [-0.3, -0.25) is 4.79 Å². The van der Waals surface area contributed by atoms with Crippen LogP contribution in [-0.4, -0.2) is 35.8 Å². The number of aromatic hydroxyl groups is 1. The van der Waals surface area contributed by atoms with E-state index in [9.17, 15) is 15.0 Å². The van der Waals surface area contributed by atoms with Crippen molar-refractivity contribution in [2.75, 3.05) is 13.7 Å². The fourth-order valence-electron chi connectivity index (χ4n) is 1.85. The Balaban J connectivity index is 2.19. The Labute approximate surface area is 122 Å². The van der Waals surface area contributed by atoms with Crippen LogP contribution in [0.2, 0.25) is 0 Å². The van der Waals surface area contributed by atoms with Crippen molar-refractivity contribution in [3.05, 3.63) is 54.1 Å². The number of carbonyl (C=O) groups is 1. The summed E-state index contributed by atoms with van der Waals surface area (Å²) in [6.07, 6.45) is -1.04. The highest BCUT2D eigenvalue weighted by molar-refractivity contribution is 5.99. The molecule has 2 aromatic rings. The van der Waals surface area contributed by atoms with E-state index in [2.05, 4.69) is 0 Å². The molecule has 0 saturated carbocycles. The van der Waals surface area contributed by atoms with Gasteiger partial charge in [0.05, 0.1) is 13.7 Å². The highest BCUT2D eigenvalue weighted by atomic mass is 16.5. The molecule has 0 aliphatic heterocycles. The molecule has 0 aromatic heterocycles. The summed E-state index contributed by atoms with van der Waals surface area (Å²) >= 11 is 0. The van der Waals surface area contributed by atoms with Crippen LogP contribution in [0.25, 0.3) is 0 Å². The van der Waals surface area contributed by atoms with E-state index in [0.29, 0.717) is 17.1 Å². The topological polar surface area (TPSA) is 76.0 Å². The lowest BCUT2D eigenvalue weighted by Crippen LogP contribution is -2.31. The zero-order valence-corrected chi connectivity index (χ0v) is 11.5. The molecule has 0 aliphatic carbocycles. The fourth-order valence-corrected chi connectivity index (χ4v) is 1.85. The highest BCUT2D eigenvalue weighted by Gasteiger charge is 2.22. The van der Waals surface area contributed by atoms with Crippen molar-refractivity contribution in [2.24, 2.45) is 0 Å². The second kappa shape index (κ2) is 6.76. The lowest BCUT2D eigenvalue weighted by Gasteiger charge is -2.17. The number of carbonyl (C=O) groups excluding carboxylic acids is 1. The van der Waals surface area contributed by atoms with Gasteiger partial charge in [0.2, 0.25) is 5.78 Å². The summed E-state index contributed by atoms with van der Waals surface area (Å²) < 4.78 is 10.7. The number of hydrogen-bond acceptors (Lipinski definition) is 5. The van der Waals surface area contributed by atoms with E-state index in [1.54, 1.807) is 24.3 Å². The van der Waals surface area contributed by atoms with E-state index in [0.717, 1.165) is 0 Å². The van der Waals surface area contributed by atoms with Crippen LogP contribution in [0.5, 0.6) is 17.2 Å². The summed E-state index contributed by atoms with van der Waals surface area (Å²) in [7, 11) is 1.50. The minimum atomic E-state index is -1.04. The smallest absolute Gasteiger partial charge is 0.205 e. The largest absolute Gasteiger partial charge is 0.508 e. The minimum Gasteiger partial charge on any atom is -0.508 e. The van der Waals surface area contributed by atoms with E-state index in [4.69, 9.17) is 9.47 Å². The first-order valence-corrected chi connectivity index (χ1v) is 6.39. The first-order chi connectivity index (χ1) is 10.2. The van der Waals surface area contributed by atoms with Crippen LogP contribution in [0.3, 0.4) is 0 Å². The minimum absolute atomic E-state index is 0.0674. The molecule has 5 heteroatoms. The summed E-state index contributed by atoms with van der Waals surface area (Å²) in [6, 6.07) is 12.7. The molecule has 0 spiro atoms. The quantitative estimate of drug-likeness (QED) is 0.795. The molecule has 0 fully saturated rings. The summed E-state index contributed by atoms with van der Waals surface area (Å²) in [4.78, 5) is 12.3. The molecule has 21 heavy (non-hydrogen) atoms. The molecule has 2 rings (SSSR count). The Morgan fingerprint density at radius 1 is 1.10 bits per heavy atom. The first kappa shape index (κ1) is 14.9. The van der Waals surface area contributed by atoms with Crippen LogP contribution in [0.4, 0.5) is 0 Å². The fraction of sp³-hybridized carbons (Fsp3) is 0.188. The molecule has 2 aromatic carbocycles. The molecule has 0 radical (unpaired) electrons. The molecule has 1 atom stereocenters. The molecule has 0 amide bonds. The van der Waals surface area contributed by atoms with Crippen LogP contribution in [0.1, 0.15) is 10.4 Å². The molecule has 0 saturated heterocycles. The number of para-hydroxylation sites is 2. The third-order valence-corrected chi connectivity index (χ3v) is 2.95. The van der Waals surface area contributed by atoms with E-state index >= 15 is 0 Å². The highest BCUT2D eigenvalue weighted by Crippen LogP contribution is 2.27. The zero-order valence-electron chi connectivity index (χ0n) is 11.5. The molecule has 110 valence electrons. The Kier molecular flexibility index (Phi) is 4.79. The predicted octanol–water partition coefficient (Wildman–Crippen LogP) is 2.02. The number of methoxy groups -OCH3 is 1. The lowest BCUT2D eigenvalue weighted by atomic mass is 10.1. The van der Waals surface area contributed by atoms with Crippen molar-refractivity contribution < 1.29 is 24.5 Å². The van der Waals surface area contributed by atoms with Gasteiger partial charge in [-0.25, -0.2) is 0 Å². The van der Waals surface area contributed by atoms with Gasteiger partial charge in [-0.15, -0.1) is 0 Å². The van der Waals surface area contributed by atoms with E-state index < -0.39 is 12.7 Å². The second-order valence-electron chi connectivity index (χ2n) is 4.35. The van der Waals surface area contributed by atoms with E-state index in [1.165, 1.54) is 31.4 Å². The van der Waals surface area contributed by atoms with Crippen molar-refractivity contribution in [3.8, 4) is 17.2 Å². The van der Waals surface area contributed by atoms with Crippen LogP contribution in [0.15, 0.2) is 48.5 Å². The van der Waals surface area contributed by atoms with E-state index in [1.807, 2.05) is 0 Å². The average molecular weight is 288 g/mol. The third-order valence-electron chi connectivity index (χ3n) is 2.95. The molecular formula is C16H16O5. The van der Waals surface area contributed by atoms with Crippen LogP contribution in [-0.2, 0) is 0 Å². The Morgan fingerprint density at radius 3 is 2.29 bits per heavy atom. The maximum atomic E-state index is 12.3. The average Bonchev–Trinajstić information content (AvgIpc) is 2.53. The number of ether oxygens (including phenoxy) is 2. The summed E-state index contributed by atoms with van der Waals surface area (Å²) in [5.74, 6) is 0.557. The van der Waals surface area contributed by atoms with Gasteiger partial charge in [-0.2, -0.15) is 0 Å². The van der Waals surface area contributed by atoms with Crippen molar-refractivity contribution in [1.82, 2.24) is 0 Å². The number of Topliss-reactive ketones (excluding diaryl/α,β-unsaturated/α-hetero) is 1. The van der Waals surface area contributed by atoms with Crippen molar-refractivity contribution >= 4 is 5.78 Å². The summed E-state index contributed by atoms with van der Waals surface area (Å²) in [5, 5.41) is 18.6. The van der Waals surface area contributed by atoms with Gasteiger partial charge in [0.1, 0.15) is 5.75 Å². The first-order valence-electron chi connectivity index (χ1n) is 6.39. The number of phenols is 1. The van der Waals surface area contributed by atoms with E-state index in [-0.39, 0.29) is 11.5 Å². The second-order valence-corrected chi connectivity index (χ2v) is 4.35. The molecule has 0 bridgehead atoms. The number of benzene rings is 2. The SMILES string of the molecule is COc1ccccc1OC(CO)C(=O)c1ccc(O)cc1. The van der Waals surface area contributed by atoms with Gasteiger partial charge in [0, 0.05) is 5.56 Å². The number of hydrogen-bond donors (Lipinski definition) is 2. The molecule has 5 nitrogen and oxygen atoms in total. The Morgan fingerprint density at radius 2 is 1.71 bits per heavy atom. The molecule has 0 aliphatic rings. The van der Waals surface area contributed by atoms with Gasteiger partial charge < -0.3 is 19.7 Å². The monoisotopic (exact) mass is 288 g/mol. The van der Waals surface area contributed by atoms with Gasteiger partial charge >= 0.3 is 0 Å². The number of aliphatic hydroxyl groups excluding tert-OH is 1. The summed E-state index contributed by atoms with van der Waals surface area (Å²) in [6.45, 7) is -0.461. The van der Waals surface area contributed by atoms with Crippen LogP contribution < -0.4 is 9.47 Å².